The fourth-order valence-corrected chi connectivity index (χ4v) is 4.61. The van der Waals surface area contributed by atoms with Gasteiger partial charge in [-0.15, -0.1) is 0 Å². The van der Waals surface area contributed by atoms with Crippen LogP contribution in [0.15, 0.2) is 18.2 Å². The van der Waals surface area contributed by atoms with E-state index in [0.29, 0.717) is 17.1 Å². The molecule has 0 bridgehead atoms. The first-order chi connectivity index (χ1) is 9.07. The zero-order valence-electron chi connectivity index (χ0n) is 10.3. The molecule has 0 aromatic heterocycles. The summed E-state index contributed by atoms with van der Waals surface area (Å²) in [5, 5.41) is -2.03. The van der Waals surface area contributed by atoms with Gasteiger partial charge in [-0.2, -0.15) is 25.3 Å². The molecule has 0 aliphatic carbocycles. The molecule has 0 fully saturated rings. The SMILES string of the molecule is O=P(O)(O)C(Cc1cc(CS)cc(CS)c1)P(=O)(O)O. The van der Waals surface area contributed by atoms with E-state index in [4.69, 9.17) is 19.6 Å². The maximum absolute atomic E-state index is 11.3. The van der Waals surface area contributed by atoms with Crippen molar-refractivity contribution in [1.82, 2.24) is 0 Å². The first-order valence-corrected chi connectivity index (χ1v) is 10.1. The van der Waals surface area contributed by atoms with Crippen LogP contribution in [0, 0.1) is 0 Å². The van der Waals surface area contributed by atoms with Gasteiger partial charge in [0.25, 0.3) is 0 Å². The van der Waals surface area contributed by atoms with Crippen LogP contribution in [0.5, 0.6) is 0 Å². The summed E-state index contributed by atoms with van der Waals surface area (Å²) in [4.78, 5) is 36.5. The quantitative estimate of drug-likeness (QED) is 0.341. The van der Waals surface area contributed by atoms with Crippen molar-refractivity contribution in [2.24, 2.45) is 0 Å². The van der Waals surface area contributed by atoms with Crippen LogP contribution in [-0.2, 0) is 27.1 Å². The molecule has 1 aromatic rings. The summed E-state index contributed by atoms with van der Waals surface area (Å²) < 4.78 is 22.5. The van der Waals surface area contributed by atoms with Gasteiger partial charge in [-0.25, -0.2) is 0 Å². The van der Waals surface area contributed by atoms with Gasteiger partial charge in [0, 0.05) is 11.5 Å². The van der Waals surface area contributed by atoms with Gasteiger partial charge < -0.3 is 19.6 Å². The van der Waals surface area contributed by atoms with Crippen molar-refractivity contribution in [3.8, 4) is 0 Å². The number of rotatable bonds is 6. The standard InChI is InChI=1S/C10H16O6P2S2/c11-17(12,13)10(18(14,15)16)4-7-1-8(5-19)3-9(2-7)6-20/h1-3,10,19-20H,4-6H2,(H2,11,12,13)(H2,14,15,16). The number of hydrogen-bond acceptors (Lipinski definition) is 4. The Balaban J connectivity index is 3.18. The van der Waals surface area contributed by atoms with Gasteiger partial charge in [0.1, 0.15) is 0 Å². The second kappa shape index (κ2) is 6.99. The second-order valence-corrected chi connectivity index (χ2v) is 8.98. The second-order valence-electron chi connectivity index (χ2n) is 4.34. The van der Waals surface area contributed by atoms with Gasteiger partial charge in [0.15, 0.2) is 5.40 Å². The van der Waals surface area contributed by atoms with Crippen molar-refractivity contribution in [3.63, 3.8) is 0 Å². The zero-order chi connectivity index (χ0) is 15.6. The zero-order valence-corrected chi connectivity index (χ0v) is 13.9. The molecule has 10 heteroatoms. The average Bonchev–Trinajstić information content (AvgIpc) is 2.32. The summed E-state index contributed by atoms with van der Waals surface area (Å²) in [5.74, 6) is 0.816. The molecule has 0 saturated heterocycles. The van der Waals surface area contributed by atoms with E-state index >= 15 is 0 Å². The Morgan fingerprint density at radius 2 is 1.20 bits per heavy atom. The smallest absolute Gasteiger partial charge is 0.324 e. The molecule has 0 heterocycles. The van der Waals surface area contributed by atoms with E-state index in [2.05, 4.69) is 25.3 Å². The van der Waals surface area contributed by atoms with Crippen molar-refractivity contribution < 1.29 is 28.7 Å². The van der Waals surface area contributed by atoms with Gasteiger partial charge in [-0.3, -0.25) is 9.13 Å². The maximum Gasteiger partial charge on any atom is 0.341 e. The molecule has 1 rings (SSSR count). The fraction of sp³-hybridized carbons (Fsp3) is 0.400. The van der Waals surface area contributed by atoms with E-state index in [9.17, 15) is 9.13 Å². The largest absolute Gasteiger partial charge is 0.341 e. The monoisotopic (exact) mass is 358 g/mol. The predicted molar refractivity (Wildman–Crippen MR) is 83.4 cm³/mol. The molecule has 0 saturated carbocycles. The van der Waals surface area contributed by atoms with Gasteiger partial charge in [0.2, 0.25) is 0 Å². The molecule has 0 aliphatic rings. The molecule has 0 spiro atoms. The van der Waals surface area contributed by atoms with Gasteiger partial charge in [-0.05, 0) is 23.1 Å². The summed E-state index contributed by atoms with van der Waals surface area (Å²) in [6, 6.07) is 5.07. The third-order valence-electron chi connectivity index (χ3n) is 2.67. The highest BCUT2D eigenvalue weighted by Crippen LogP contribution is 2.60. The Labute approximate surface area is 127 Å². The molecule has 0 aliphatic heterocycles. The Kier molecular flexibility index (Phi) is 6.38. The van der Waals surface area contributed by atoms with Crippen molar-refractivity contribution in [2.75, 3.05) is 0 Å². The van der Waals surface area contributed by atoms with Crippen LogP contribution >= 0.6 is 40.4 Å². The van der Waals surface area contributed by atoms with Crippen LogP contribution in [0.3, 0.4) is 0 Å². The van der Waals surface area contributed by atoms with Crippen molar-refractivity contribution >= 4 is 40.4 Å². The summed E-state index contributed by atoms with van der Waals surface area (Å²) >= 11 is 8.23. The maximum atomic E-state index is 11.3. The van der Waals surface area contributed by atoms with Crippen LogP contribution in [0.2, 0.25) is 0 Å². The molecule has 0 unspecified atom stereocenters. The minimum Gasteiger partial charge on any atom is -0.324 e. The van der Waals surface area contributed by atoms with Crippen LogP contribution in [0.4, 0.5) is 0 Å². The molecule has 4 N–H and O–H groups in total. The fourth-order valence-electron chi connectivity index (χ4n) is 1.78. The van der Waals surface area contributed by atoms with Gasteiger partial charge in [0.05, 0.1) is 0 Å². The van der Waals surface area contributed by atoms with E-state index in [1.807, 2.05) is 6.07 Å². The predicted octanol–water partition coefficient (Wildman–Crippen LogP) is 1.77. The third kappa shape index (κ3) is 5.20. The van der Waals surface area contributed by atoms with E-state index in [1.165, 1.54) is 0 Å². The van der Waals surface area contributed by atoms with Crippen LogP contribution < -0.4 is 0 Å². The summed E-state index contributed by atoms with van der Waals surface area (Å²) in [7, 11) is -9.82. The van der Waals surface area contributed by atoms with Crippen molar-refractivity contribution in [2.45, 2.75) is 23.3 Å². The molecule has 0 radical (unpaired) electrons. The molecule has 6 nitrogen and oxygen atoms in total. The molecule has 0 atom stereocenters. The lowest BCUT2D eigenvalue weighted by molar-refractivity contribution is 0.338. The summed E-state index contributed by atoms with van der Waals surface area (Å²) in [6.07, 6.45) is -0.406. The van der Waals surface area contributed by atoms with Crippen LogP contribution in [-0.4, -0.2) is 25.0 Å². The molecule has 0 amide bonds. The average molecular weight is 358 g/mol. The van der Waals surface area contributed by atoms with Crippen molar-refractivity contribution in [1.29, 1.82) is 0 Å². The Morgan fingerprint density at radius 1 is 0.850 bits per heavy atom. The first-order valence-electron chi connectivity index (χ1n) is 5.51. The minimum atomic E-state index is -4.91. The van der Waals surface area contributed by atoms with Crippen LogP contribution in [0.25, 0.3) is 0 Å². The number of benzene rings is 1. The lowest BCUT2D eigenvalue weighted by atomic mass is 10.1. The lowest BCUT2D eigenvalue weighted by Crippen LogP contribution is -2.13. The van der Waals surface area contributed by atoms with Crippen molar-refractivity contribution in [3.05, 3.63) is 34.9 Å². The van der Waals surface area contributed by atoms with E-state index < -0.39 is 27.0 Å². The molecule has 20 heavy (non-hydrogen) atoms. The molecular weight excluding hydrogens is 342 g/mol. The molecule has 1 aromatic carbocycles. The van der Waals surface area contributed by atoms with Crippen LogP contribution in [0.1, 0.15) is 16.7 Å². The highest BCUT2D eigenvalue weighted by atomic mass is 32.1. The third-order valence-corrected chi connectivity index (χ3v) is 7.13. The minimum absolute atomic E-state index is 0.406. The van der Waals surface area contributed by atoms with Gasteiger partial charge >= 0.3 is 15.2 Å². The van der Waals surface area contributed by atoms with E-state index in [1.54, 1.807) is 12.1 Å². The van der Waals surface area contributed by atoms with E-state index in [-0.39, 0.29) is 0 Å². The Bertz CT molecular complexity index is 523. The topological polar surface area (TPSA) is 115 Å². The molecule has 114 valence electrons. The highest BCUT2D eigenvalue weighted by molar-refractivity contribution is 7.79. The molecular formula is C10H16O6P2S2. The summed E-state index contributed by atoms with van der Waals surface area (Å²) in [6.45, 7) is 0. The highest BCUT2D eigenvalue weighted by Gasteiger charge is 2.43. The normalized spacial score (nSPS) is 12.9. The summed E-state index contributed by atoms with van der Waals surface area (Å²) in [5.41, 5.74) is 2.03. The van der Waals surface area contributed by atoms with Gasteiger partial charge in [-0.1, -0.05) is 18.2 Å². The Hall–Kier alpha value is 0.220. The Morgan fingerprint density at radius 3 is 1.50 bits per heavy atom. The lowest BCUT2D eigenvalue weighted by Gasteiger charge is -2.20. The number of thiol groups is 2. The number of hydrogen-bond donors (Lipinski definition) is 6. The van der Waals surface area contributed by atoms with E-state index in [0.717, 1.165) is 11.1 Å². The first kappa shape index (κ1) is 18.3.